The molecule has 0 bridgehead atoms. The molecule has 92 valence electrons. The predicted octanol–water partition coefficient (Wildman–Crippen LogP) is 2.27. The fourth-order valence-corrected chi connectivity index (χ4v) is 1.94. The lowest BCUT2D eigenvalue weighted by Crippen LogP contribution is -2.17. The molecule has 0 saturated heterocycles. The van der Waals surface area contributed by atoms with Gasteiger partial charge in [0.25, 0.3) is 0 Å². The lowest BCUT2D eigenvalue weighted by Gasteiger charge is -2.24. The van der Waals surface area contributed by atoms with Crippen LogP contribution in [-0.2, 0) is 0 Å². The molecule has 2 aromatic heterocycles. The third kappa shape index (κ3) is 2.16. The Kier molecular flexibility index (Phi) is 2.88. The van der Waals surface area contributed by atoms with Crippen molar-refractivity contribution in [2.24, 2.45) is 0 Å². The molecule has 18 heavy (non-hydrogen) atoms. The first-order chi connectivity index (χ1) is 8.83. The number of rotatable bonds is 3. The lowest BCUT2D eigenvalue weighted by atomic mass is 9.93. The van der Waals surface area contributed by atoms with E-state index in [1.807, 2.05) is 30.0 Å². The molecule has 1 fully saturated rings. The molecule has 1 saturated carbocycles. The van der Waals surface area contributed by atoms with Crippen molar-refractivity contribution in [2.75, 3.05) is 0 Å². The van der Waals surface area contributed by atoms with E-state index in [9.17, 15) is 0 Å². The van der Waals surface area contributed by atoms with Gasteiger partial charge in [0.15, 0.2) is 0 Å². The van der Waals surface area contributed by atoms with E-state index in [0.717, 1.165) is 17.0 Å². The average molecular weight is 241 g/mol. The minimum absolute atomic E-state index is 0.556. The van der Waals surface area contributed by atoms with Gasteiger partial charge in [0.1, 0.15) is 12.0 Å². The van der Waals surface area contributed by atoms with Crippen LogP contribution in [0.15, 0.2) is 18.7 Å². The van der Waals surface area contributed by atoms with Crippen LogP contribution in [0.2, 0.25) is 0 Å². The van der Waals surface area contributed by atoms with Crippen molar-refractivity contribution >= 4 is 12.2 Å². The zero-order valence-electron chi connectivity index (χ0n) is 10.3. The number of nitrogens with zero attached hydrogens (tertiary/aromatic N) is 5. The molecule has 0 N–H and O–H groups in total. The van der Waals surface area contributed by atoms with E-state index in [1.54, 1.807) is 12.5 Å². The summed E-state index contributed by atoms with van der Waals surface area (Å²) in [5.74, 6) is 0. The van der Waals surface area contributed by atoms with Gasteiger partial charge in [-0.05, 0) is 43.9 Å². The van der Waals surface area contributed by atoms with Crippen LogP contribution in [0.1, 0.15) is 42.3 Å². The molecular formula is C13H15N5. The van der Waals surface area contributed by atoms with E-state index >= 15 is 0 Å². The zero-order valence-corrected chi connectivity index (χ0v) is 10.3. The molecule has 0 aliphatic heterocycles. The van der Waals surface area contributed by atoms with Crippen molar-refractivity contribution in [3.63, 3.8) is 0 Å². The van der Waals surface area contributed by atoms with Crippen LogP contribution < -0.4 is 0 Å². The van der Waals surface area contributed by atoms with E-state index in [4.69, 9.17) is 0 Å². The normalized spacial score (nSPS) is 16.1. The maximum Gasteiger partial charge on any atom is 0.116 e. The summed E-state index contributed by atoms with van der Waals surface area (Å²) in [5, 5.41) is 8.30. The smallest absolute Gasteiger partial charge is 0.116 e. The first-order valence-electron chi connectivity index (χ1n) is 6.19. The third-order valence-electron chi connectivity index (χ3n) is 3.32. The summed E-state index contributed by atoms with van der Waals surface area (Å²) in [7, 11) is 0. The third-order valence-corrected chi connectivity index (χ3v) is 3.32. The Morgan fingerprint density at radius 1 is 1.33 bits per heavy atom. The highest BCUT2D eigenvalue weighted by molar-refractivity contribution is 5.66. The number of hydrogen-bond donors (Lipinski definition) is 0. The number of hydrogen-bond acceptors (Lipinski definition) is 4. The second-order valence-electron chi connectivity index (χ2n) is 4.63. The van der Waals surface area contributed by atoms with Crippen LogP contribution in [0.5, 0.6) is 0 Å². The topological polar surface area (TPSA) is 56.5 Å². The molecule has 0 unspecified atom stereocenters. The molecule has 2 aromatic rings. The number of aryl methyl sites for hydroxylation is 1. The average Bonchev–Trinajstić information content (AvgIpc) is 2.74. The molecule has 0 spiro atoms. The van der Waals surface area contributed by atoms with E-state index in [2.05, 4.69) is 20.3 Å². The second kappa shape index (κ2) is 4.68. The SMILES string of the molecule is Cc1cncnc1C=Cc1cn(C2CCC2)nn1. The molecule has 2 heterocycles. The van der Waals surface area contributed by atoms with Gasteiger partial charge in [-0.25, -0.2) is 14.6 Å². The molecule has 1 aliphatic carbocycles. The largest absolute Gasteiger partial charge is 0.249 e. The van der Waals surface area contributed by atoms with Crippen LogP contribution in [0.25, 0.3) is 12.2 Å². The van der Waals surface area contributed by atoms with Gasteiger partial charge in [-0.2, -0.15) is 0 Å². The summed E-state index contributed by atoms with van der Waals surface area (Å²) >= 11 is 0. The van der Waals surface area contributed by atoms with E-state index < -0.39 is 0 Å². The highest BCUT2D eigenvalue weighted by Gasteiger charge is 2.20. The molecule has 0 aromatic carbocycles. The summed E-state index contributed by atoms with van der Waals surface area (Å²) in [6.45, 7) is 1.99. The Morgan fingerprint density at radius 3 is 2.94 bits per heavy atom. The fraction of sp³-hybridized carbons (Fsp3) is 0.385. The van der Waals surface area contributed by atoms with Gasteiger partial charge in [0.2, 0.25) is 0 Å². The van der Waals surface area contributed by atoms with Gasteiger partial charge < -0.3 is 0 Å². The zero-order chi connectivity index (χ0) is 12.4. The van der Waals surface area contributed by atoms with Crippen molar-refractivity contribution in [3.05, 3.63) is 35.7 Å². The second-order valence-corrected chi connectivity index (χ2v) is 4.63. The summed E-state index contributed by atoms with van der Waals surface area (Å²) < 4.78 is 1.97. The Bertz CT molecular complexity index is 568. The van der Waals surface area contributed by atoms with Crippen LogP contribution in [0.4, 0.5) is 0 Å². The van der Waals surface area contributed by atoms with Gasteiger partial charge in [0, 0.05) is 6.20 Å². The molecule has 5 nitrogen and oxygen atoms in total. The summed E-state index contributed by atoms with van der Waals surface area (Å²) in [4.78, 5) is 8.18. The highest BCUT2D eigenvalue weighted by Crippen LogP contribution is 2.30. The van der Waals surface area contributed by atoms with Gasteiger partial charge in [-0.1, -0.05) is 5.21 Å². The Labute approximate surface area is 106 Å². The Hall–Kier alpha value is -2.04. The van der Waals surface area contributed by atoms with Crippen LogP contribution in [0.3, 0.4) is 0 Å². The van der Waals surface area contributed by atoms with Gasteiger partial charge in [-0.15, -0.1) is 5.10 Å². The highest BCUT2D eigenvalue weighted by atomic mass is 15.4. The molecule has 0 atom stereocenters. The summed E-state index contributed by atoms with van der Waals surface area (Å²) in [6.07, 6.45) is 13.0. The monoisotopic (exact) mass is 241 g/mol. The van der Waals surface area contributed by atoms with Crippen molar-refractivity contribution in [1.82, 2.24) is 25.0 Å². The first kappa shape index (κ1) is 11.1. The molecule has 1 aliphatic rings. The molecule has 3 rings (SSSR count). The standard InChI is InChI=1S/C13H15N5/c1-10-7-14-9-15-13(10)6-5-11-8-18(17-16-11)12-3-2-4-12/h5-9,12H,2-4H2,1H3. The fourth-order valence-electron chi connectivity index (χ4n) is 1.94. The Morgan fingerprint density at radius 2 is 2.22 bits per heavy atom. The quantitative estimate of drug-likeness (QED) is 0.827. The maximum absolute atomic E-state index is 4.21. The molecule has 0 amide bonds. The van der Waals surface area contributed by atoms with E-state index in [0.29, 0.717) is 6.04 Å². The van der Waals surface area contributed by atoms with Crippen molar-refractivity contribution in [2.45, 2.75) is 32.2 Å². The minimum Gasteiger partial charge on any atom is -0.249 e. The first-order valence-corrected chi connectivity index (χ1v) is 6.19. The van der Waals surface area contributed by atoms with E-state index in [1.165, 1.54) is 19.3 Å². The van der Waals surface area contributed by atoms with Crippen LogP contribution in [0, 0.1) is 6.92 Å². The maximum atomic E-state index is 4.21. The summed E-state index contributed by atoms with van der Waals surface area (Å²) in [5.41, 5.74) is 2.85. The summed E-state index contributed by atoms with van der Waals surface area (Å²) in [6, 6.07) is 0.556. The van der Waals surface area contributed by atoms with Gasteiger partial charge >= 0.3 is 0 Å². The molecule has 0 radical (unpaired) electrons. The number of aromatic nitrogens is 5. The Balaban J connectivity index is 1.76. The van der Waals surface area contributed by atoms with Gasteiger partial charge in [-0.3, -0.25) is 0 Å². The molecule has 5 heteroatoms. The van der Waals surface area contributed by atoms with Crippen molar-refractivity contribution in [1.29, 1.82) is 0 Å². The predicted molar refractivity (Wildman–Crippen MR) is 68.6 cm³/mol. The van der Waals surface area contributed by atoms with E-state index in [-0.39, 0.29) is 0 Å². The van der Waals surface area contributed by atoms with Crippen molar-refractivity contribution in [3.8, 4) is 0 Å². The van der Waals surface area contributed by atoms with Gasteiger partial charge in [0.05, 0.1) is 17.9 Å². The lowest BCUT2D eigenvalue weighted by molar-refractivity contribution is 0.284. The van der Waals surface area contributed by atoms with Crippen molar-refractivity contribution < 1.29 is 0 Å². The minimum atomic E-state index is 0.556. The molecular weight excluding hydrogens is 226 g/mol. The van der Waals surface area contributed by atoms with Crippen LogP contribution >= 0.6 is 0 Å². The van der Waals surface area contributed by atoms with Crippen LogP contribution in [-0.4, -0.2) is 25.0 Å².